The van der Waals surface area contributed by atoms with Crippen LogP contribution >= 0.6 is 0 Å². The van der Waals surface area contributed by atoms with Crippen molar-refractivity contribution in [3.05, 3.63) is 53.7 Å². The van der Waals surface area contributed by atoms with E-state index in [4.69, 9.17) is 0 Å². The third kappa shape index (κ3) is 3.18. The number of carbonyl (C=O) groups is 1. The summed E-state index contributed by atoms with van der Waals surface area (Å²) in [6.07, 6.45) is 5.50. The largest absolute Gasteiger partial charge is 0.393 e. The number of aromatic nitrogens is 1. The van der Waals surface area contributed by atoms with Crippen LogP contribution in [0, 0.1) is 11.3 Å². The lowest BCUT2D eigenvalue weighted by Crippen LogP contribution is -2.28. The summed E-state index contributed by atoms with van der Waals surface area (Å²) in [6, 6.07) is 16.6. The predicted octanol–water partition coefficient (Wildman–Crippen LogP) is 4.87. The highest BCUT2D eigenvalue weighted by molar-refractivity contribution is 6.04. The summed E-state index contributed by atoms with van der Waals surface area (Å²) in [6.45, 7) is 0. The zero-order valence-corrected chi connectivity index (χ0v) is 16.9. The first-order chi connectivity index (χ1) is 14.7. The zero-order chi connectivity index (χ0) is 20.7. The number of hydrogen-bond donors (Lipinski definition) is 2. The number of carbonyl (C=O) groups excluding carboxylic acids is 1. The highest BCUT2D eigenvalue weighted by atomic mass is 16.3. The number of benzene rings is 2. The Labute approximate surface area is 175 Å². The highest BCUT2D eigenvalue weighted by Gasteiger charge is 2.26. The van der Waals surface area contributed by atoms with Crippen LogP contribution < -0.4 is 5.32 Å². The second kappa shape index (κ2) is 7.62. The van der Waals surface area contributed by atoms with E-state index < -0.39 is 0 Å². The molecule has 0 radical (unpaired) electrons. The van der Waals surface area contributed by atoms with E-state index in [2.05, 4.69) is 23.5 Å². The molecule has 1 aromatic heterocycles. The molecule has 5 rings (SSSR count). The normalized spacial score (nSPS) is 21.3. The smallest absolute Gasteiger partial charge is 0.231 e. The first-order valence-corrected chi connectivity index (χ1v) is 10.8. The Morgan fingerprint density at radius 3 is 2.67 bits per heavy atom. The van der Waals surface area contributed by atoms with Gasteiger partial charge in [0.25, 0.3) is 0 Å². The number of aliphatic hydroxyl groups is 1. The molecule has 2 aromatic carbocycles. The maximum absolute atomic E-state index is 12.7. The molecule has 0 bridgehead atoms. The summed E-state index contributed by atoms with van der Waals surface area (Å²) >= 11 is 0. The molecule has 5 nitrogen and oxygen atoms in total. The molecule has 3 aromatic rings. The Morgan fingerprint density at radius 1 is 1.07 bits per heavy atom. The first-order valence-electron chi connectivity index (χ1n) is 10.8. The van der Waals surface area contributed by atoms with Crippen molar-refractivity contribution < 1.29 is 9.90 Å². The molecule has 0 spiro atoms. The number of nitrogens with zero attached hydrogens (tertiary/aromatic N) is 2. The second-order valence-corrected chi connectivity index (χ2v) is 8.44. The van der Waals surface area contributed by atoms with E-state index in [1.54, 1.807) is 0 Å². The van der Waals surface area contributed by atoms with Gasteiger partial charge in [-0.05, 0) is 62.3 Å². The van der Waals surface area contributed by atoms with Crippen LogP contribution in [0.15, 0.2) is 42.5 Å². The van der Waals surface area contributed by atoms with Crippen molar-refractivity contribution in [1.29, 1.82) is 5.26 Å². The Bertz CT molecular complexity index is 1160. The van der Waals surface area contributed by atoms with Crippen LogP contribution in [0.4, 0.5) is 5.69 Å². The van der Waals surface area contributed by atoms with Crippen molar-refractivity contribution in [2.75, 3.05) is 5.32 Å². The second-order valence-electron chi connectivity index (χ2n) is 8.44. The highest BCUT2D eigenvalue weighted by Crippen LogP contribution is 2.39. The van der Waals surface area contributed by atoms with Crippen LogP contribution in [0.3, 0.4) is 0 Å². The van der Waals surface area contributed by atoms with Gasteiger partial charge in [0.1, 0.15) is 6.07 Å². The fourth-order valence-electron chi connectivity index (χ4n) is 5.01. The molecule has 1 saturated carbocycles. The van der Waals surface area contributed by atoms with Crippen LogP contribution in [0.25, 0.3) is 22.0 Å². The van der Waals surface area contributed by atoms with Gasteiger partial charge in [0.2, 0.25) is 5.91 Å². The minimum absolute atomic E-state index is 0.159. The molecule has 2 N–H and O–H groups in total. The van der Waals surface area contributed by atoms with Gasteiger partial charge in [0.15, 0.2) is 0 Å². The van der Waals surface area contributed by atoms with E-state index in [-0.39, 0.29) is 18.1 Å². The van der Waals surface area contributed by atoms with Crippen LogP contribution in [0.2, 0.25) is 0 Å². The lowest BCUT2D eigenvalue weighted by molar-refractivity contribution is 0.0890. The Morgan fingerprint density at radius 2 is 1.87 bits per heavy atom. The average Bonchev–Trinajstić information content (AvgIpc) is 3.11. The summed E-state index contributed by atoms with van der Waals surface area (Å²) in [5.74, 6) is 0.159. The third-order valence-corrected chi connectivity index (χ3v) is 6.51. The average molecular weight is 399 g/mol. The summed E-state index contributed by atoms with van der Waals surface area (Å²) in [7, 11) is 0. The molecule has 0 saturated heterocycles. The van der Waals surface area contributed by atoms with Gasteiger partial charge in [0.05, 0.1) is 22.9 Å². The molecular formula is C25H25N3O2. The van der Waals surface area contributed by atoms with Crippen molar-refractivity contribution in [2.45, 2.75) is 57.1 Å². The van der Waals surface area contributed by atoms with Crippen molar-refractivity contribution in [2.24, 2.45) is 0 Å². The summed E-state index contributed by atoms with van der Waals surface area (Å²) in [5.41, 5.74) is 5.63. The number of nitrogens with one attached hydrogen (secondary N) is 1. The number of fused-ring (bicyclic) bond motifs is 3. The fourth-order valence-corrected chi connectivity index (χ4v) is 5.01. The molecule has 2 heterocycles. The number of aliphatic hydroxyl groups excluding tert-OH is 1. The Hall–Kier alpha value is -3.10. The van der Waals surface area contributed by atoms with Crippen molar-refractivity contribution in [3.8, 4) is 17.2 Å². The fraction of sp³-hybridized carbons (Fsp3) is 0.360. The monoisotopic (exact) mass is 399 g/mol. The minimum Gasteiger partial charge on any atom is -0.393 e. The Kier molecular flexibility index (Phi) is 4.80. The standard InChI is InChI=1S/C25H25N3O2/c26-15-17-9-8-16(14-21(17)27-18-10-12-19(29)13-11-18)25-20-4-1-2-5-22(20)28-23(25)6-3-7-24(28)30/h1-2,4-5,8-9,14,18-19,27,29H,3,6-7,10-13H2. The molecular weight excluding hydrogens is 374 g/mol. The maximum atomic E-state index is 12.7. The topological polar surface area (TPSA) is 78.0 Å². The van der Waals surface area contributed by atoms with Gasteiger partial charge in [-0.2, -0.15) is 5.26 Å². The van der Waals surface area contributed by atoms with E-state index in [1.165, 1.54) is 0 Å². The lowest BCUT2D eigenvalue weighted by Gasteiger charge is -2.27. The number of hydrogen-bond acceptors (Lipinski definition) is 4. The summed E-state index contributed by atoms with van der Waals surface area (Å²) in [4.78, 5) is 12.7. The SMILES string of the molecule is N#Cc1ccc(-c2c3n(c4ccccc24)C(=O)CCC3)cc1NC1CCC(O)CC1. The molecule has 1 aliphatic carbocycles. The van der Waals surface area contributed by atoms with E-state index in [9.17, 15) is 15.2 Å². The molecule has 0 amide bonds. The zero-order valence-electron chi connectivity index (χ0n) is 16.9. The first kappa shape index (κ1) is 18.9. The van der Waals surface area contributed by atoms with Gasteiger partial charge < -0.3 is 10.4 Å². The molecule has 2 aliphatic rings. The molecule has 152 valence electrons. The lowest BCUT2D eigenvalue weighted by atomic mass is 9.92. The number of nitriles is 1. The van der Waals surface area contributed by atoms with Gasteiger partial charge in [0, 0.05) is 29.1 Å². The molecule has 1 fully saturated rings. The van der Waals surface area contributed by atoms with Gasteiger partial charge >= 0.3 is 0 Å². The van der Waals surface area contributed by atoms with E-state index in [0.29, 0.717) is 12.0 Å². The number of para-hydroxylation sites is 1. The van der Waals surface area contributed by atoms with E-state index >= 15 is 0 Å². The predicted molar refractivity (Wildman–Crippen MR) is 118 cm³/mol. The van der Waals surface area contributed by atoms with Crippen LogP contribution in [0.5, 0.6) is 0 Å². The van der Waals surface area contributed by atoms with E-state index in [0.717, 1.165) is 71.9 Å². The molecule has 0 atom stereocenters. The quantitative estimate of drug-likeness (QED) is 0.658. The summed E-state index contributed by atoms with van der Waals surface area (Å²) < 4.78 is 1.89. The molecule has 0 unspecified atom stereocenters. The van der Waals surface area contributed by atoms with Crippen LogP contribution in [-0.2, 0) is 6.42 Å². The van der Waals surface area contributed by atoms with Crippen molar-refractivity contribution in [3.63, 3.8) is 0 Å². The molecule has 5 heteroatoms. The number of rotatable bonds is 3. The Balaban J connectivity index is 1.61. The van der Waals surface area contributed by atoms with Gasteiger partial charge in [-0.3, -0.25) is 9.36 Å². The van der Waals surface area contributed by atoms with Crippen molar-refractivity contribution >= 4 is 22.5 Å². The molecule has 30 heavy (non-hydrogen) atoms. The van der Waals surface area contributed by atoms with Gasteiger partial charge in [-0.25, -0.2) is 0 Å². The van der Waals surface area contributed by atoms with E-state index in [1.807, 2.05) is 34.9 Å². The third-order valence-electron chi connectivity index (χ3n) is 6.51. The molecule has 1 aliphatic heterocycles. The van der Waals surface area contributed by atoms with Gasteiger partial charge in [-0.1, -0.05) is 24.3 Å². The van der Waals surface area contributed by atoms with Crippen LogP contribution in [-0.4, -0.2) is 27.7 Å². The maximum Gasteiger partial charge on any atom is 0.231 e. The van der Waals surface area contributed by atoms with Crippen LogP contribution in [0.1, 0.15) is 54.6 Å². The number of anilines is 1. The van der Waals surface area contributed by atoms with Crippen molar-refractivity contribution in [1.82, 2.24) is 4.57 Å². The van der Waals surface area contributed by atoms with Gasteiger partial charge in [-0.15, -0.1) is 0 Å². The minimum atomic E-state index is -0.207. The summed E-state index contributed by atoms with van der Waals surface area (Å²) in [5, 5.41) is 24.1.